The minimum absolute atomic E-state index is 0.0179. The van der Waals surface area contributed by atoms with E-state index in [0.717, 1.165) is 5.56 Å². The first kappa shape index (κ1) is 23.9. The second-order valence-corrected chi connectivity index (χ2v) is 8.56. The second kappa shape index (κ2) is 10.4. The number of carbonyl (C=O) groups is 2. The van der Waals surface area contributed by atoms with Crippen LogP contribution < -0.4 is 10.2 Å². The molecule has 2 heterocycles. The molecule has 2 amide bonds. The molecule has 0 bridgehead atoms. The smallest absolute Gasteiger partial charge is 0.249 e. The van der Waals surface area contributed by atoms with Crippen molar-refractivity contribution in [2.75, 3.05) is 4.90 Å². The van der Waals surface area contributed by atoms with E-state index in [9.17, 15) is 9.59 Å². The summed E-state index contributed by atoms with van der Waals surface area (Å²) in [4.78, 5) is 28.8. The number of rotatable bonds is 8. The molecule has 1 atom stereocenters. The van der Waals surface area contributed by atoms with Crippen LogP contribution in [0.15, 0.2) is 95.6 Å². The van der Waals surface area contributed by atoms with Crippen LogP contribution in [-0.2, 0) is 22.7 Å². The number of carbonyl (C=O) groups excluding carboxylic acids is 2. The van der Waals surface area contributed by atoms with Crippen molar-refractivity contribution in [3.8, 4) is 0 Å². The quantitative estimate of drug-likeness (QED) is 0.339. The molecule has 0 saturated carbocycles. The molecule has 1 N–H and O–H groups in total. The molecule has 0 unspecified atom stereocenters. The van der Waals surface area contributed by atoms with Gasteiger partial charge < -0.3 is 9.73 Å². The highest BCUT2D eigenvalue weighted by molar-refractivity contribution is 6.01. The van der Waals surface area contributed by atoms with Gasteiger partial charge in [0.15, 0.2) is 0 Å². The number of nitrogens with zero attached hydrogens (tertiary/aromatic N) is 4. The predicted octanol–water partition coefficient (Wildman–Crippen LogP) is 4.56. The molecular weight excluding hydrogens is 473 g/mol. The van der Waals surface area contributed by atoms with Crippen molar-refractivity contribution < 1.29 is 18.4 Å². The largest absolute Gasteiger partial charge is 0.467 e. The third-order valence-electron chi connectivity index (χ3n) is 6.00. The zero-order valence-electron chi connectivity index (χ0n) is 20.0. The number of anilines is 1. The second-order valence-electron chi connectivity index (χ2n) is 8.56. The van der Waals surface area contributed by atoms with Gasteiger partial charge in [0.2, 0.25) is 11.8 Å². The average Bonchev–Trinajstić information content (AvgIpc) is 3.58. The maximum absolute atomic E-state index is 15.2. The van der Waals surface area contributed by atoms with Crippen LogP contribution in [0.2, 0.25) is 0 Å². The van der Waals surface area contributed by atoms with Gasteiger partial charge >= 0.3 is 0 Å². The Hall–Kier alpha value is -4.79. The van der Waals surface area contributed by atoms with E-state index in [4.69, 9.17) is 4.42 Å². The van der Waals surface area contributed by atoms with Crippen molar-refractivity contribution in [1.82, 2.24) is 20.3 Å². The van der Waals surface area contributed by atoms with Crippen molar-refractivity contribution in [3.05, 3.63) is 114 Å². The first-order chi connectivity index (χ1) is 18.0. The number of hydrogen-bond acceptors (Lipinski definition) is 5. The normalized spacial score (nSPS) is 11.8. The molecule has 0 aliphatic heterocycles. The van der Waals surface area contributed by atoms with Crippen LogP contribution >= 0.6 is 0 Å². The molecule has 5 rings (SSSR count). The summed E-state index contributed by atoms with van der Waals surface area (Å²) in [5.41, 5.74) is 2.77. The molecule has 8 nitrogen and oxygen atoms in total. The van der Waals surface area contributed by atoms with Crippen LogP contribution in [0, 0.1) is 12.7 Å². The number of halogens is 1. The minimum atomic E-state index is -1.16. The van der Waals surface area contributed by atoms with Crippen molar-refractivity contribution in [2.45, 2.75) is 26.1 Å². The van der Waals surface area contributed by atoms with E-state index in [0.29, 0.717) is 22.4 Å². The Bertz CT molecular complexity index is 1530. The van der Waals surface area contributed by atoms with Crippen molar-refractivity contribution in [1.29, 1.82) is 0 Å². The molecule has 0 fully saturated rings. The van der Waals surface area contributed by atoms with Crippen LogP contribution in [0.5, 0.6) is 0 Å². The number of fused-ring (bicyclic) bond motifs is 1. The molecule has 0 aliphatic carbocycles. The molecule has 5 aromatic rings. The number of aryl methyl sites for hydroxylation is 1. The summed E-state index contributed by atoms with van der Waals surface area (Å²) in [6.07, 6.45) is 1.51. The van der Waals surface area contributed by atoms with Gasteiger partial charge in [-0.1, -0.05) is 59.3 Å². The third kappa shape index (κ3) is 5.11. The van der Waals surface area contributed by atoms with Crippen molar-refractivity contribution in [2.24, 2.45) is 0 Å². The molecule has 3 aromatic carbocycles. The molecule has 0 saturated heterocycles. The maximum atomic E-state index is 15.2. The van der Waals surface area contributed by atoms with Gasteiger partial charge in [-0.05, 0) is 48.9 Å². The number of amides is 2. The highest BCUT2D eigenvalue weighted by Gasteiger charge is 2.34. The fraction of sp³-hybridized carbons (Fsp3) is 0.143. The number of hydrogen-bond donors (Lipinski definition) is 1. The SMILES string of the molecule is Cc1ccc([C@H](C(=O)NCc2ccco2)N(C(=O)Cn2nnc3ccccc32)c2ccccc2F)cc1. The van der Waals surface area contributed by atoms with E-state index >= 15 is 4.39 Å². The highest BCUT2D eigenvalue weighted by atomic mass is 19.1. The van der Waals surface area contributed by atoms with Gasteiger partial charge in [0.05, 0.1) is 24.0 Å². The molecule has 0 spiro atoms. The van der Waals surface area contributed by atoms with E-state index < -0.39 is 23.7 Å². The molecule has 0 radical (unpaired) electrons. The first-order valence-corrected chi connectivity index (χ1v) is 11.7. The number of furan rings is 1. The molecule has 0 aliphatic rings. The Morgan fingerprint density at radius 3 is 2.51 bits per heavy atom. The Morgan fingerprint density at radius 2 is 1.76 bits per heavy atom. The molecule has 186 valence electrons. The van der Waals surface area contributed by atoms with Gasteiger partial charge in [-0.2, -0.15) is 0 Å². The van der Waals surface area contributed by atoms with Crippen LogP contribution in [0.3, 0.4) is 0 Å². The van der Waals surface area contributed by atoms with Crippen LogP contribution in [0.1, 0.15) is 22.9 Å². The highest BCUT2D eigenvalue weighted by Crippen LogP contribution is 2.31. The lowest BCUT2D eigenvalue weighted by Crippen LogP contribution is -2.45. The lowest BCUT2D eigenvalue weighted by molar-refractivity contribution is -0.127. The Labute approximate surface area is 212 Å². The summed E-state index contributed by atoms with van der Waals surface area (Å²) in [6, 6.07) is 22.6. The van der Waals surface area contributed by atoms with Gasteiger partial charge in [0.1, 0.15) is 29.7 Å². The molecule has 9 heteroatoms. The van der Waals surface area contributed by atoms with E-state index in [1.165, 1.54) is 34.0 Å². The predicted molar refractivity (Wildman–Crippen MR) is 136 cm³/mol. The van der Waals surface area contributed by atoms with E-state index in [1.54, 1.807) is 42.5 Å². The molecule has 2 aromatic heterocycles. The third-order valence-corrected chi connectivity index (χ3v) is 6.00. The van der Waals surface area contributed by atoms with Gasteiger partial charge in [0, 0.05) is 0 Å². The Kier molecular flexibility index (Phi) is 6.76. The summed E-state index contributed by atoms with van der Waals surface area (Å²) >= 11 is 0. The van der Waals surface area contributed by atoms with Crippen LogP contribution in [0.25, 0.3) is 11.0 Å². The van der Waals surface area contributed by atoms with E-state index in [2.05, 4.69) is 15.6 Å². The monoisotopic (exact) mass is 497 g/mol. The van der Waals surface area contributed by atoms with E-state index in [1.807, 2.05) is 31.2 Å². The molecule has 37 heavy (non-hydrogen) atoms. The Balaban J connectivity index is 1.57. The fourth-order valence-corrected chi connectivity index (χ4v) is 4.15. The topological polar surface area (TPSA) is 93.3 Å². The zero-order valence-corrected chi connectivity index (χ0v) is 20.0. The number of benzene rings is 3. The average molecular weight is 498 g/mol. The fourth-order valence-electron chi connectivity index (χ4n) is 4.15. The lowest BCUT2D eigenvalue weighted by atomic mass is 10.0. The lowest BCUT2D eigenvalue weighted by Gasteiger charge is -2.31. The van der Waals surface area contributed by atoms with Gasteiger partial charge in [-0.3, -0.25) is 14.5 Å². The summed E-state index contributed by atoms with van der Waals surface area (Å²) in [5.74, 6) is -1.09. The standard InChI is InChI=1S/C28H24FN5O3/c1-19-12-14-20(15-13-19)27(28(36)30-17-21-7-6-16-37-21)34(24-10-4-2-8-22(24)29)26(35)18-33-25-11-5-3-9-23(25)31-32-33/h2-16,27H,17-18H2,1H3,(H,30,36)/t27-/m1/s1. The van der Waals surface area contributed by atoms with Gasteiger partial charge in [-0.25, -0.2) is 9.07 Å². The maximum Gasteiger partial charge on any atom is 0.249 e. The van der Waals surface area contributed by atoms with Gasteiger partial charge in [-0.15, -0.1) is 5.10 Å². The zero-order chi connectivity index (χ0) is 25.8. The molecular formula is C28H24FN5O3. The Morgan fingerprint density at radius 1 is 1.00 bits per heavy atom. The minimum Gasteiger partial charge on any atom is -0.467 e. The van der Waals surface area contributed by atoms with Crippen LogP contribution in [0.4, 0.5) is 10.1 Å². The van der Waals surface area contributed by atoms with Crippen molar-refractivity contribution >= 4 is 28.5 Å². The van der Waals surface area contributed by atoms with Crippen LogP contribution in [-0.4, -0.2) is 26.8 Å². The summed E-state index contributed by atoms with van der Waals surface area (Å²) in [7, 11) is 0. The van der Waals surface area contributed by atoms with E-state index in [-0.39, 0.29) is 18.8 Å². The summed E-state index contributed by atoms with van der Waals surface area (Å²) < 4.78 is 21.9. The van der Waals surface area contributed by atoms with Gasteiger partial charge in [0.25, 0.3) is 0 Å². The number of aromatic nitrogens is 3. The first-order valence-electron chi connectivity index (χ1n) is 11.7. The summed E-state index contributed by atoms with van der Waals surface area (Å²) in [6.45, 7) is 1.79. The number of nitrogens with one attached hydrogen (secondary N) is 1. The van der Waals surface area contributed by atoms with Crippen molar-refractivity contribution in [3.63, 3.8) is 0 Å². The number of para-hydroxylation sites is 2. The summed E-state index contributed by atoms with van der Waals surface area (Å²) in [5, 5.41) is 11.0.